The van der Waals surface area contributed by atoms with Crippen LogP contribution in [0.3, 0.4) is 0 Å². The van der Waals surface area contributed by atoms with Crippen molar-refractivity contribution in [2.45, 2.75) is 38.1 Å². The Kier molecular flexibility index (Phi) is 5.11. The molecular weight excluding hydrogens is 352 g/mol. The Hall–Kier alpha value is -1.68. The molecule has 0 radical (unpaired) electrons. The topological polar surface area (TPSA) is 33.2 Å². The third kappa shape index (κ3) is 3.47. The molecule has 2 aromatic rings. The largest absolute Gasteiger partial charge is 0.335 e. The Morgan fingerprint density at radius 2 is 2.13 bits per heavy atom. The normalized spacial score (nSPS) is 18.9. The summed E-state index contributed by atoms with van der Waals surface area (Å²) in [6.07, 6.45) is 6.54. The maximum absolute atomic E-state index is 12.9. The van der Waals surface area contributed by atoms with E-state index in [-0.39, 0.29) is 11.9 Å². The standard InChI is InChI=1S/C19H21BrN2O/c1-2-17(14-7-4-3-5-8-14)18-9-6-10-22(18)19(23)15-11-16(20)13-21-12-15/h3-5,7-8,11-13,17-18H,2,6,9-10H2,1H3/t17-,18+/m1/s1. The molecule has 0 spiro atoms. The molecule has 0 N–H and O–H groups in total. The Bertz CT molecular complexity index is 674. The summed E-state index contributed by atoms with van der Waals surface area (Å²) < 4.78 is 0.842. The van der Waals surface area contributed by atoms with Crippen LogP contribution < -0.4 is 0 Å². The fourth-order valence-electron chi connectivity index (χ4n) is 3.59. The van der Waals surface area contributed by atoms with E-state index in [9.17, 15) is 4.79 Å². The van der Waals surface area contributed by atoms with Crippen LogP contribution in [0.1, 0.15) is 48.0 Å². The van der Waals surface area contributed by atoms with Gasteiger partial charge in [-0.2, -0.15) is 0 Å². The van der Waals surface area contributed by atoms with E-state index in [1.54, 1.807) is 12.4 Å². The molecule has 0 bridgehead atoms. The molecule has 1 aromatic carbocycles. The molecule has 1 aliphatic rings. The Morgan fingerprint density at radius 1 is 1.35 bits per heavy atom. The van der Waals surface area contributed by atoms with Crippen LogP contribution in [0.2, 0.25) is 0 Å². The van der Waals surface area contributed by atoms with Crippen LogP contribution in [-0.4, -0.2) is 28.4 Å². The minimum absolute atomic E-state index is 0.0932. The summed E-state index contributed by atoms with van der Waals surface area (Å²) in [5.41, 5.74) is 1.99. The Balaban J connectivity index is 1.86. The number of rotatable bonds is 4. The van der Waals surface area contributed by atoms with E-state index in [1.807, 2.05) is 17.0 Å². The zero-order chi connectivity index (χ0) is 16.2. The summed E-state index contributed by atoms with van der Waals surface area (Å²) in [4.78, 5) is 19.1. The van der Waals surface area contributed by atoms with Crippen molar-refractivity contribution in [1.29, 1.82) is 0 Å². The molecule has 0 unspecified atom stereocenters. The van der Waals surface area contributed by atoms with Gasteiger partial charge in [0.15, 0.2) is 0 Å². The molecule has 2 atom stereocenters. The highest BCUT2D eigenvalue weighted by Gasteiger charge is 2.35. The minimum Gasteiger partial charge on any atom is -0.335 e. The second kappa shape index (κ2) is 7.26. The van der Waals surface area contributed by atoms with Crippen LogP contribution in [0.4, 0.5) is 0 Å². The first-order valence-electron chi connectivity index (χ1n) is 8.17. The van der Waals surface area contributed by atoms with Gasteiger partial charge in [-0.05, 0) is 46.8 Å². The fraction of sp³-hybridized carbons (Fsp3) is 0.368. The van der Waals surface area contributed by atoms with Crippen LogP contribution in [0.25, 0.3) is 0 Å². The van der Waals surface area contributed by atoms with Crippen molar-refractivity contribution in [3.05, 3.63) is 64.4 Å². The molecule has 1 aliphatic heterocycles. The van der Waals surface area contributed by atoms with Crippen LogP contribution in [0, 0.1) is 0 Å². The van der Waals surface area contributed by atoms with Gasteiger partial charge in [-0.1, -0.05) is 37.3 Å². The van der Waals surface area contributed by atoms with Crippen molar-refractivity contribution in [1.82, 2.24) is 9.88 Å². The van der Waals surface area contributed by atoms with E-state index in [0.29, 0.717) is 11.5 Å². The molecule has 4 heteroatoms. The molecule has 2 heterocycles. The summed E-state index contributed by atoms with van der Waals surface area (Å²) >= 11 is 3.40. The molecule has 3 rings (SSSR count). The average Bonchev–Trinajstić information content (AvgIpc) is 3.05. The predicted octanol–water partition coefficient (Wildman–Crippen LogP) is 4.64. The Labute approximate surface area is 145 Å². The Morgan fingerprint density at radius 3 is 2.83 bits per heavy atom. The van der Waals surface area contributed by atoms with E-state index in [1.165, 1.54) is 5.56 Å². The molecular formula is C19H21BrN2O. The number of benzene rings is 1. The molecule has 1 aromatic heterocycles. The number of carbonyl (C=O) groups excluding carboxylic acids is 1. The van der Waals surface area contributed by atoms with Crippen LogP contribution in [-0.2, 0) is 0 Å². The lowest BCUT2D eigenvalue weighted by Crippen LogP contribution is -2.39. The number of aromatic nitrogens is 1. The molecule has 3 nitrogen and oxygen atoms in total. The molecule has 1 amide bonds. The quantitative estimate of drug-likeness (QED) is 0.782. The van der Waals surface area contributed by atoms with Crippen molar-refractivity contribution in [3.8, 4) is 0 Å². The first kappa shape index (κ1) is 16.2. The third-order valence-electron chi connectivity index (χ3n) is 4.64. The van der Waals surface area contributed by atoms with E-state index in [0.717, 1.165) is 30.3 Å². The number of likely N-dealkylation sites (tertiary alicyclic amines) is 1. The van der Waals surface area contributed by atoms with Crippen molar-refractivity contribution in [2.24, 2.45) is 0 Å². The van der Waals surface area contributed by atoms with Crippen molar-refractivity contribution < 1.29 is 4.79 Å². The number of amides is 1. The van der Waals surface area contributed by atoms with Gasteiger partial charge in [-0.25, -0.2) is 0 Å². The average molecular weight is 373 g/mol. The first-order valence-corrected chi connectivity index (χ1v) is 8.96. The van der Waals surface area contributed by atoms with Gasteiger partial charge in [0.2, 0.25) is 0 Å². The van der Waals surface area contributed by atoms with E-state index in [4.69, 9.17) is 0 Å². The SMILES string of the molecule is CC[C@H](c1ccccc1)[C@@H]1CCCN1C(=O)c1cncc(Br)c1. The van der Waals surface area contributed by atoms with Crippen LogP contribution >= 0.6 is 15.9 Å². The fourth-order valence-corrected chi connectivity index (χ4v) is 3.95. The van der Waals surface area contributed by atoms with Gasteiger partial charge in [0, 0.05) is 35.4 Å². The molecule has 0 saturated carbocycles. The zero-order valence-electron chi connectivity index (χ0n) is 13.3. The highest BCUT2D eigenvalue weighted by atomic mass is 79.9. The maximum atomic E-state index is 12.9. The highest BCUT2D eigenvalue weighted by Crippen LogP contribution is 2.34. The van der Waals surface area contributed by atoms with E-state index < -0.39 is 0 Å². The third-order valence-corrected chi connectivity index (χ3v) is 5.08. The van der Waals surface area contributed by atoms with Crippen LogP contribution in [0.5, 0.6) is 0 Å². The van der Waals surface area contributed by atoms with Gasteiger partial charge >= 0.3 is 0 Å². The second-order valence-electron chi connectivity index (χ2n) is 6.03. The number of nitrogens with zero attached hydrogens (tertiary/aromatic N) is 2. The zero-order valence-corrected chi connectivity index (χ0v) is 14.9. The molecule has 1 fully saturated rings. The number of halogens is 1. The maximum Gasteiger partial charge on any atom is 0.255 e. The molecule has 1 saturated heterocycles. The summed E-state index contributed by atoms with van der Waals surface area (Å²) in [6, 6.07) is 12.7. The van der Waals surface area contributed by atoms with Crippen molar-refractivity contribution >= 4 is 21.8 Å². The van der Waals surface area contributed by atoms with E-state index >= 15 is 0 Å². The summed E-state index contributed by atoms with van der Waals surface area (Å²) in [7, 11) is 0. The summed E-state index contributed by atoms with van der Waals surface area (Å²) in [5, 5.41) is 0. The van der Waals surface area contributed by atoms with Gasteiger partial charge < -0.3 is 4.90 Å². The smallest absolute Gasteiger partial charge is 0.255 e. The van der Waals surface area contributed by atoms with Gasteiger partial charge in [0.1, 0.15) is 0 Å². The minimum atomic E-state index is 0.0932. The molecule has 120 valence electrons. The number of hydrogen-bond acceptors (Lipinski definition) is 2. The van der Waals surface area contributed by atoms with Gasteiger partial charge in [0.05, 0.1) is 5.56 Å². The van der Waals surface area contributed by atoms with Crippen LogP contribution in [0.15, 0.2) is 53.3 Å². The second-order valence-corrected chi connectivity index (χ2v) is 6.94. The lowest BCUT2D eigenvalue weighted by atomic mass is 9.87. The lowest BCUT2D eigenvalue weighted by Gasteiger charge is -2.31. The summed E-state index contributed by atoms with van der Waals surface area (Å²) in [6.45, 7) is 3.04. The number of pyridine rings is 1. The predicted molar refractivity (Wildman–Crippen MR) is 95.5 cm³/mol. The highest BCUT2D eigenvalue weighted by molar-refractivity contribution is 9.10. The van der Waals surface area contributed by atoms with Gasteiger partial charge in [0.25, 0.3) is 5.91 Å². The van der Waals surface area contributed by atoms with Crippen molar-refractivity contribution in [2.75, 3.05) is 6.54 Å². The van der Waals surface area contributed by atoms with Gasteiger partial charge in [-0.15, -0.1) is 0 Å². The lowest BCUT2D eigenvalue weighted by molar-refractivity contribution is 0.0714. The van der Waals surface area contributed by atoms with Crippen molar-refractivity contribution in [3.63, 3.8) is 0 Å². The van der Waals surface area contributed by atoms with E-state index in [2.05, 4.69) is 52.1 Å². The summed E-state index contributed by atoms with van der Waals surface area (Å²) in [5.74, 6) is 0.485. The monoisotopic (exact) mass is 372 g/mol. The number of carbonyl (C=O) groups is 1. The van der Waals surface area contributed by atoms with Gasteiger partial charge in [-0.3, -0.25) is 9.78 Å². The molecule has 0 aliphatic carbocycles. The first-order chi connectivity index (χ1) is 11.2. The number of hydrogen-bond donors (Lipinski definition) is 0. The molecule has 23 heavy (non-hydrogen) atoms.